The lowest BCUT2D eigenvalue weighted by Gasteiger charge is -2.34. The third-order valence-corrected chi connectivity index (χ3v) is 4.94. The van der Waals surface area contributed by atoms with E-state index < -0.39 is 35.0 Å². The zero-order valence-electron chi connectivity index (χ0n) is 17.0. The number of aromatic hydroxyl groups is 1. The number of benzene rings is 1. The van der Waals surface area contributed by atoms with Gasteiger partial charge < -0.3 is 29.7 Å². The zero-order valence-corrected chi connectivity index (χ0v) is 17.0. The van der Waals surface area contributed by atoms with Crippen LogP contribution < -0.4 is 10.7 Å². The number of carbonyl (C=O) groups excluding carboxylic acids is 2. The maximum absolute atomic E-state index is 13.0. The van der Waals surface area contributed by atoms with E-state index in [1.54, 1.807) is 0 Å². The molecule has 1 aromatic carbocycles. The molecule has 1 atom stereocenters. The van der Waals surface area contributed by atoms with E-state index in [1.165, 1.54) is 28.8 Å². The Bertz CT molecular complexity index is 1020. The molecule has 1 unspecified atom stereocenters. The van der Waals surface area contributed by atoms with E-state index in [9.17, 15) is 29.0 Å². The van der Waals surface area contributed by atoms with E-state index in [-0.39, 0.29) is 30.9 Å². The van der Waals surface area contributed by atoms with Crippen LogP contribution in [0.25, 0.3) is 0 Å². The van der Waals surface area contributed by atoms with Crippen LogP contribution in [0.1, 0.15) is 39.8 Å². The molecule has 2 heterocycles. The molecule has 3 rings (SSSR count). The normalized spacial score (nSPS) is 15.6. The Hall–Kier alpha value is -3.24. The van der Waals surface area contributed by atoms with Crippen LogP contribution in [0.4, 0.5) is 4.39 Å². The topological polar surface area (TPSA) is 121 Å². The van der Waals surface area contributed by atoms with Crippen molar-refractivity contribution in [3.8, 4) is 5.75 Å². The third kappa shape index (κ3) is 4.92. The van der Waals surface area contributed by atoms with E-state index in [0.717, 1.165) is 11.1 Å². The number of nitrogens with zero attached hydrogens (tertiary/aromatic N) is 2. The van der Waals surface area contributed by atoms with Crippen molar-refractivity contribution in [3.63, 3.8) is 0 Å². The fraction of sp³-hybridized carbons (Fsp3) is 0.381. The van der Waals surface area contributed by atoms with E-state index in [0.29, 0.717) is 25.2 Å². The molecule has 1 aliphatic rings. The largest absolute Gasteiger partial charge is 0.503 e. The molecule has 0 bridgehead atoms. The minimum absolute atomic E-state index is 0.0379. The summed E-state index contributed by atoms with van der Waals surface area (Å²) >= 11 is 0. The second-order valence-electron chi connectivity index (χ2n) is 7.06. The predicted octanol–water partition coefficient (Wildman–Crippen LogP) is 0.824. The van der Waals surface area contributed by atoms with E-state index in [2.05, 4.69) is 5.32 Å². The molecule has 2 amide bonds. The van der Waals surface area contributed by atoms with Crippen LogP contribution in [-0.2, 0) is 17.8 Å². The third-order valence-electron chi connectivity index (χ3n) is 4.94. The van der Waals surface area contributed by atoms with Crippen LogP contribution in [0, 0.1) is 5.82 Å². The molecule has 0 aliphatic carbocycles. The van der Waals surface area contributed by atoms with Gasteiger partial charge in [0.1, 0.15) is 17.6 Å². The SMILES string of the molecule is CCOCCCN1C(=O)c2c(O)c(=O)c(C(=O)NCc3ccc(F)cc3)cn2CC1O. The minimum Gasteiger partial charge on any atom is -0.503 e. The van der Waals surface area contributed by atoms with E-state index in [1.807, 2.05) is 6.92 Å². The van der Waals surface area contributed by atoms with Gasteiger partial charge in [0.2, 0.25) is 5.43 Å². The number of halogens is 1. The summed E-state index contributed by atoms with van der Waals surface area (Å²) in [6, 6.07) is 5.46. The summed E-state index contributed by atoms with van der Waals surface area (Å²) in [5.74, 6) is -2.73. The number of pyridine rings is 1. The minimum atomic E-state index is -1.18. The van der Waals surface area contributed by atoms with Gasteiger partial charge in [0.25, 0.3) is 11.8 Å². The molecule has 0 spiro atoms. The van der Waals surface area contributed by atoms with Gasteiger partial charge in [-0.3, -0.25) is 14.4 Å². The summed E-state index contributed by atoms with van der Waals surface area (Å²) in [7, 11) is 0. The fourth-order valence-electron chi connectivity index (χ4n) is 3.34. The van der Waals surface area contributed by atoms with Gasteiger partial charge in [-0.05, 0) is 31.0 Å². The van der Waals surface area contributed by atoms with E-state index in [4.69, 9.17) is 4.74 Å². The lowest BCUT2D eigenvalue weighted by molar-refractivity contribution is -0.0155. The summed E-state index contributed by atoms with van der Waals surface area (Å²) in [6.45, 7) is 2.89. The lowest BCUT2D eigenvalue weighted by Crippen LogP contribution is -2.49. The molecule has 10 heteroatoms. The average Bonchev–Trinajstić information content (AvgIpc) is 2.74. The number of fused-ring (bicyclic) bond motifs is 1. The van der Waals surface area contributed by atoms with Crippen LogP contribution in [0.2, 0.25) is 0 Å². The Balaban J connectivity index is 1.79. The number of ether oxygens (including phenoxy) is 1. The molecule has 0 fully saturated rings. The first kappa shape index (κ1) is 22.4. The first-order valence-electron chi connectivity index (χ1n) is 9.89. The maximum Gasteiger partial charge on any atom is 0.276 e. The smallest absolute Gasteiger partial charge is 0.276 e. The van der Waals surface area contributed by atoms with Crippen molar-refractivity contribution in [1.82, 2.24) is 14.8 Å². The highest BCUT2D eigenvalue weighted by molar-refractivity contribution is 5.99. The van der Waals surface area contributed by atoms with Crippen molar-refractivity contribution in [2.24, 2.45) is 0 Å². The quantitative estimate of drug-likeness (QED) is 0.530. The van der Waals surface area contributed by atoms with Gasteiger partial charge in [-0.25, -0.2) is 4.39 Å². The van der Waals surface area contributed by atoms with Crippen LogP contribution >= 0.6 is 0 Å². The Morgan fingerprint density at radius 1 is 1.29 bits per heavy atom. The number of aromatic nitrogens is 1. The zero-order chi connectivity index (χ0) is 22.5. The molecule has 0 saturated heterocycles. The van der Waals surface area contributed by atoms with Gasteiger partial charge in [0.15, 0.2) is 11.4 Å². The van der Waals surface area contributed by atoms with Crippen molar-refractivity contribution in [1.29, 1.82) is 0 Å². The first-order chi connectivity index (χ1) is 14.8. The molecule has 31 heavy (non-hydrogen) atoms. The Morgan fingerprint density at radius 3 is 2.68 bits per heavy atom. The van der Waals surface area contributed by atoms with Gasteiger partial charge in [0.05, 0.1) is 6.54 Å². The van der Waals surface area contributed by atoms with Crippen LogP contribution in [0.3, 0.4) is 0 Å². The summed E-state index contributed by atoms with van der Waals surface area (Å²) in [4.78, 5) is 38.9. The molecule has 0 radical (unpaired) electrons. The number of nitrogens with one attached hydrogen (secondary N) is 1. The number of aliphatic hydroxyl groups is 1. The molecule has 9 nitrogen and oxygen atoms in total. The molecule has 3 N–H and O–H groups in total. The van der Waals surface area contributed by atoms with Crippen molar-refractivity contribution in [2.75, 3.05) is 19.8 Å². The van der Waals surface area contributed by atoms with Crippen LogP contribution in [0.5, 0.6) is 5.75 Å². The first-order valence-corrected chi connectivity index (χ1v) is 9.89. The highest BCUT2D eigenvalue weighted by Crippen LogP contribution is 2.23. The van der Waals surface area contributed by atoms with Crippen molar-refractivity contribution in [3.05, 3.63) is 63.3 Å². The van der Waals surface area contributed by atoms with Crippen LogP contribution in [0.15, 0.2) is 35.3 Å². The molecule has 1 aromatic heterocycles. The molecule has 1 aliphatic heterocycles. The highest BCUT2D eigenvalue weighted by Gasteiger charge is 2.35. The summed E-state index contributed by atoms with van der Waals surface area (Å²) < 4.78 is 19.4. The van der Waals surface area contributed by atoms with Crippen molar-refractivity contribution in [2.45, 2.75) is 32.7 Å². The molecule has 0 saturated carbocycles. The predicted molar refractivity (Wildman–Crippen MR) is 108 cm³/mol. The summed E-state index contributed by atoms with van der Waals surface area (Å²) in [6.07, 6.45) is 0.445. The van der Waals surface area contributed by atoms with Gasteiger partial charge in [0, 0.05) is 32.5 Å². The molecular formula is C21H24FN3O6. The Kier molecular flexibility index (Phi) is 7.03. The monoisotopic (exact) mass is 433 g/mol. The standard InChI is InChI=1S/C21H24FN3O6/c1-2-31-9-3-8-25-16(26)12-24-11-15(18(27)19(28)17(24)21(25)30)20(29)23-10-13-4-6-14(22)7-5-13/h4-7,11,16,26,28H,2-3,8-10,12H2,1H3,(H,23,29). The van der Waals surface area contributed by atoms with Gasteiger partial charge >= 0.3 is 0 Å². The number of carbonyl (C=O) groups is 2. The number of hydrogen-bond acceptors (Lipinski definition) is 6. The lowest BCUT2D eigenvalue weighted by atomic mass is 10.1. The number of amides is 2. The Morgan fingerprint density at radius 2 is 2.00 bits per heavy atom. The average molecular weight is 433 g/mol. The fourth-order valence-corrected chi connectivity index (χ4v) is 3.34. The second-order valence-corrected chi connectivity index (χ2v) is 7.06. The molecule has 2 aromatic rings. The maximum atomic E-state index is 13.0. The summed E-state index contributed by atoms with van der Waals surface area (Å²) in [5.41, 5.74) is -1.01. The van der Waals surface area contributed by atoms with Crippen LogP contribution in [-0.4, -0.2) is 57.5 Å². The number of rotatable bonds is 8. The van der Waals surface area contributed by atoms with Crippen molar-refractivity contribution < 1.29 is 28.9 Å². The highest BCUT2D eigenvalue weighted by atomic mass is 19.1. The number of hydrogen-bond donors (Lipinski definition) is 3. The molecular weight excluding hydrogens is 409 g/mol. The van der Waals surface area contributed by atoms with E-state index >= 15 is 0 Å². The Labute approximate surface area is 177 Å². The second kappa shape index (κ2) is 9.71. The van der Waals surface area contributed by atoms with Crippen molar-refractivity contribution >= 4 is 11.8 Å². The number of aliphatic hydroxyl groups excluding tert-OH is 1. The summed E-state index contributed by atoms with van der Waals surface area (Å²) in [5, 5.41) is 23.2. The van der Waals surface area contributed by atoms with Gasteiger partial charge in [-0.1, -0.05) is 12.1 Å². The van der Waals surface area contributed by atoms with Gasteiger partial charge in [-0.2, -0.15) is 0 Å². The van der Waals surface area contributed by atoms with Gasteiger partial charge in [-0.15, -0.1) is 0 Å². The molecule has 166 valence electrons.